The quantitative estimate of drug-likeness (QED) is 0.685. The average molecular weight is 428 g/mol. The number of carbonyl (C=O) groups excluding carboxylic acids is 1. The molecule has 3 rings (SSSR count). The van der Waals surface area contributed by atoms with Crippen LogP contribution in [0.4, 0.5) is 5.13 Å². The number of aromatic nitrogens is 1. The van der Waals surface area contributed by atoms with Crippen molar-refractivity contribution in [3.05, 3.63) is 39.3 Å². The van der Waals surface area contributed by atoms with Gasteiger partial charge in [-0.25, -0.2) is 4.98 Å². The molecule has 0 spiro atoms. The SMILES string of the molecule is CC(Oc1ccc(Cl)cc1Cl)C(=O)Nc1ncc(CN2CCCCC2C)s1. The summed E-state index contributed by atoms with van der Waals surface area (Å²) in [6.45, 7) is 5.93. The van der Waals surface area contributed by atoms with Gasteiger partial charge in [-0.3, -0.25) is 15.0 Å². The Balaban J connectivity index is 1.55. The van der Waals surface area contributed by atoms with E-state index in [2.05, 4.69) is 22.1 Å². The van der Waals surface area contributed by atoms with E-state index in [0.717, 1.165) is 18.0 Å². The number of rotatable bonds is 6. The van der Waals surface area contributed by atoms with Crippen molar-refractivity contribution in [3.8, 4) is 5.75 Å². The molecule has 0 aliphatic carbocycles. The van der Waals surface area contributed by atoms with E-state index in [1.54, 1.807) is 25.1 Å². The molecule has 1 aromatic heterocycles. The zero-order valence-corrected chi connectivity index (χ0v) is 17.7. The van der Waals surface area contributed by atoms with E-state index in [1.807, 2.05) is 6.20 Å². The zero-order valence-electron chi connectivity index (χ0n) is 15.4. The van der Waals surface area contributed by atoms with E-state index < -0.39 is 6.10 Å². The van der Waals surface area contributed by atoms with Crippen LogP contribution in [0.3, 0.4) is 0 Å². The topological polar surface area (TPSA) is 54.5 Å². The first-order chi connectivity index (χ1) is 12.9. The van der Waals surface area contributed by atoms with Crippen LogP contribution in [0.5, 0.6) is 5.75 Å². The molecular formula is C19H23Cl2N3O2S. The van der Waals surface area contributed by atoms with Gasteiger partial charge in [-0.15, -0.1) is 11.3 Å². The maximum atomic E-state index is 12.4. The number of hydrogen-bond donors (Lipinski definition) is 1. The summed E-state index contributed by atoms with van der Waals surface area (Å²) in [5, 5.41) is 4.28. The molecule has 0 bridgehead atoms. The number of thiazole rings is 1. The Kier molecular flexibility index (Phi) is 6.98. The zero-order chi connectivity index (χ0) is 19.4. The third kappa shape index (κ3) is 5.57. The molecule has 1 aliphatic rings. The van der Waals surface area contributed by atoms with Crippen LogP contribution < -0.4 is 10.1 Å². The molecule has 2 aromatic rings. The average Bonchev–Trinajstić information content (AvgIpc) is 3.06. The van der Waals surface area contributed by atoms with Crippen LogP contribution in [0.2, 0.25) is 10.0 Å². The molecule has 1 amide bonds. The van der Waals surface area contributed by atoms with Gasteiger partial charge in [0.1, 0.15) is 5.75 Å². The number of piperidine rings is 1. The van der Waals surface area contributed by atoms with Gasteiger partial charge in [-0.1, -0.05) is 29.6 Å². The molecule has 5 nitrogen and oxygen atoms in total. The first-order valence-electron chi connectivity index (χ1n) is 9.03. The monoisotopic (exact) mass is 427 g/mol. The van der Waals surface area contributed by atoms with Crippen LogP contribution in [0.15, 0.2) is 24.4 Å². The number of halogens is 2. The standard InChI is InChI=1S/C19H23Cl2N3O2S/c1-12-5-3-4-8-24(12)11-15-10-22-19(27-15)23-18(25)13(2)26-17-7-6-14(20)9-16(17)21/h6-7,9-10,12-13H,3-5,8,11H2,1-2H3,(H,22,23,25). The highest BCUT2D eigenvalue weighted by Crippen LogP contribution is 2.29. The van der Waals surface area contributed by atoms with Gasteiger partial charge in [0, 0.05) is 28.7 Å². The number of amides is 1. The minimum atomic E-state index is -0.710. The van der Waals surface area contributed by atoms with E-state index in [9.17, 15) is 4.79 Å². The van der Waals surface area contributed by atoms with Crippen LogP contribution in [0, 0.1) is 0 Å². The van der Waals surface area contributed by atoms with Gasteiger partial charge in [0.15, 0.2) is 11.2 Å². The Morgan fingerprint density at radius 1 is 1.44 bits per heavy atom. The smallest absolute Gasteiger partial charge is 0.266 e. The fourth-order valence-electron chi connectivity index (χ4n) is 3.05. The highest BCUT2D eigenvalue weighted by Gasteiger charge is 2.21. The van der Waals surface area contributed by atoms with Crippen molar-refractivity contribution in [1.29, 1.82) is 0 Å². The van der Waals surface area contributed by atoms with Gasteiger partial charge in [0.2, 0.25) is 0 Å². The lowest BCUT2D eigenvalue weighted by atomic mass is 10.0. The summed E-state index contributed by atoms with van der Waals surface area (Å²) in [4.78, 5) is 20.3. The van der Waals surface area contributed by atoms with E-state index in [0.29, 0.717) is 27.0 Å². The molecule has 2 atom stereocenters. The van der Waals surface area contributed by atoms with Crippen LogP contribution in [-0.2, 0) is 11.3 Å². The van der Waals surface area contributed by atoms with E-state index >= 15 is 0 Å². The second-order valence-electron chi connectivity index (χ2n) is 6.77. The van der Waals surface area contributed by atoms with Crippen molar-refractivity contribution < 1.29 is 9.53 Å². The van der Waals surface area contributed by atoms with Crippen molar-refractivity contribution >= 4 is 45.6 Å². The molecule has 8 heteroatoms. The number of likely N-dealkylation sites (tertiary alicyclic amines) is 1. The summed E-state index contributed by atoms with van der Waals surface area (Å²) in [7, 11) is 0. The molecule has 0 saturated carbocycles. The van der Waals surface area contributed by atoms with Crippen LogP contribution in [0.1, 0.15) is 38.0 Å². The number of carbonyl (C=O) groups is 1. The lowest BCUT2D eigenvalue weighted by molar-refractivity contribution is -0.122. The second kappa shape index (κ2) is 9.24. The Morgan fingerprint density at radius 3 is 3.00 bits per heavy atom. The van der Waals surface area contributed by atoms with Crippen LogP contribution in [-0.4, -0.2) is 34.5 Å². The minimum absolute atomic E-state index is 0.270. The normalized spacial score (nSPS) is 18.9. The number of benzene rings is 1. The fourth-order valence-corrected chi connectivity index (χ4v) is 4.35. The largest absolute Gasteiger partial charge is 0.479 e. The maximum Gasteiger partial charge on any atom is 0.266 e. The minimum Gasteiger partial charge on any atom is -0.479 e. The molecule has 2 heterocycles. The first-order valence-corrected chi connectivity index (χ1v) is 10.6. The Labute approximate surface area is 173 Å². The Bertz CT molecular complexity index is 799. The molecule has 146 valence electrons. The lowest BCUT2D eigenvalue weighted by Gasteiger charge is -2.32. The van der Waals surface area contributed by atoms with Gasteiger partial charge in [0.05, 0.1) is 5.02 Å². The van der Waals surface area contributed by atoms with Gasteiger partial charge < -0.3 is 4.74 Å². The van der Waals surface area contributed by atoms with Crippen molar-refractivity contribution in [2.24, 2.45) is 0 Å². The van der Waals surface area contributed by atoms with Gasteiger partial charge >= 0.3 is 0 Å². The Morgan fingerprint density at radius 2 is 2.26 bits per heavy atom. The molecule has 1 aromatic carbocycles. The second-order valence-corrected chi connectivity index (χ2v) is 8.73. The molecule has 1 aliphatic heterocycles. The molecule has 1 N–H and O–H groups in total. The molecule has 1 saturated heterocycles. The van der Waals surface area contributed by atoms with Crippen molar-refractivity contribution in [3.63, 3.8) is 0 Å². The van der Waals surface area contributed by atoms with Crippen molar-refractivity contribution in [1.82, 2.24) is 9.88 Å². The summed E-state index contributed by atoms with van der Waals surface area (Å²) in [6.07, 6.45) is 4.91. The maximum absolute atomic E-state index is 12.4. The van der Waals surface area contributed by atoms with Gasteiger partial charge in [-0.2, -0.15) is 0 Å². The fraction of sp³-hybridized carbons (Fsp3) is 0.474. The number of hydrogen-bond acceptors (Lipinski definition) is 5. The summed E-state index contributed by atoms with van der Waals surface area (Å²) in [5.74, 6) is 0.149. The third-order valence-corrected chi connectivity index (χ3v) is 6.08. The van der Waals surface area contributed by atoms with E-state index in [-0.39, 0.29) is 5.91 Å². The highest BCUT2D eigenvalue weighted by atomic mass is 35.5. The number of ether oxygens (including phenoxy) is 1. The van der Waals surface area contributed by atoms with Crippen molar-refractivity contribution in [2.75, 3.05) is 11.9 Å². The van der Waals surface area contributed by atoms with E-state index in [1.165, 1.54) is 30.6 Å². The van der Waals surface area contributed by atoms with Crippen LogP contribution >= 0.6 is 34.5 Å². The first kappa shape index (κ1) is 20.4. The molecule has 27 heavy (non-hydrogen) atoms. The van der Waals surface area contributed by atoms with Crippen molar-refractivity contribution in [2.45, 2.75) is 51.8 Å². The predicted octanol–water partition coefficient (Wildman–Crippen LogP) is 5.23. The molecule has 0 radical (unpaired) electrons. The Hall–Kier alpha value is -1.34. The lowest BCUT2D eigenvalue weighted by Crippen LogP contribution is -2.36. The highest BCUT2D eigenvalue weighted by molar-refractivity contribution is 7.15. The summed E-state index contributed by atoms with van der Waals surface area (Å²) < 4.78 is 5.64. The van der Waals surface area contributed by atoms with E-state index in [4.69, 9.17) is 27.9 Å². The number of nitrogens with one attached hydrogen (secondary N) is 1. The molecule has 2 unspecified atom stereocenters. The molecule has 1 fully saturated rings. The molecular weight excluding hydrogens is 405 g/mol. The van der Waals surface area contributed by atoms with Gasteiger partial charge in [0.25, 0.3) is 5.91 Å². The number of anilines is 1. The predicted molar refractivity (Wildman–Crippen MR) is 111 cm³/mol. The number of nitrogens with zero attached hydrogens (tertiary/aromatic N) is 2. The van der Waals surface area contributed by atoms with Gasteiger partial charge in [-0.05, 0) is 51.4 Å². The summed E-state index contributed by atoms with van der Waals surface area (Å²) in [6, 6.07) is 5.49. The van der Waals surface area contributed by atoms with Crippen LogP contribution in [0.25, 0.3) is 0 Å². The summed E-state index contributed by atoms with van der Waals surface area (Å²) >= 11 is 13.5. The third-order valence-electron chi connectivity index (χ3n) is 4.65. The summed E-state index contributed by atoms with van der Waals surface area (Å²) in [5.41, 5.74) is 0.